The molecule has 1 aliphatic rings. The third kappa shape index (κ3) is 2.48. The third-order valence-electron chi connectivity index (χ3n) is 2.93. The summed E-state index contributed by atoms with van der Waals surface area (Å²) in [4.78, 5) is 0. The molecule has 1 aromatic heterocycles. The molecular formula is C12H18N2O. The fourth-order valence-electron chi connectivity index (χ4n) is 2.08. The first-order valence-electron chi connectivity index (χ1n) is 5.63. The van der Waals surface area contributed by atoms with Crippen molar-refractivity contribution in [1.29, 1.82) is 0 Å². The smallest absolute Gasteiger partial charge is 0.0869 e. The minimum atomic E-state index is -0.639. The Morgan fingerprint density at radius 1 is 1.60 bits per heavy atom. The Labute approximate surface area is 90.4 Å². The van der Waals surface area contributed by atoms with Gasteiger partial charge in [0.05, 0.1) is 11.8 Å². The summed E-state index contributed by atoms with van der Waals surface area (Å²) in [5, 5.41) is 14.5. The lowest BCUT2D eigenvalue weighted by Crippen LogP contribution is -2.30. The molecule has 3 nitrogen and oxygen atoms in total. The average molecular weight is 206 g/mol. The van der Waals surface area contributed by atoms with Gasteiger partial charge in [-0.3, -0.25) is 4.68 Å². The first-order valence-corrected chi connectivity index (χ1v) is 5.63. The van der Waals surface area contributed by atoms with Gasteiger partial charge in [0.15, 0.2) is 0 Å². The van der Waals surface area contributed by atoms with Gasteiger partial charge in [0, 0.05) is 19.2 Å². The maximum absolute atomic E-state index is 10.3. The number of allylic oxidation sites excluding steroid dienone is 1. The van der Waals surface area contributed by atoms with Gasteiger partial charge in [0.25, 0.3) is 0 Å². The second kappa shape index (κ2) is 4.19. The number of aromatic nitrogens is 2. The van der Waals surface area contributed by atoms with Crippen LogP contribution in [0.4, 0.5) is 0 Å². The Hall–Kier alpha value is -1.09. The summed E-state index contributed by atoms with van der Waals surface area (Å²) in [5.41, 5.74) is 0.478. The summed E-state index contributed by atoms with van der Waals surface area (Å²) in [6.45, 7) is 2.94. The molecule has 0 saturated carbocycles. The number of hydrogen-bond donors (Lipinski definition) is 1. The predicted octanol–water partition coefficient (Wildman–Crippen LogP) is 1.92. The fraction of sp³-hybridized carbons (Fsp3) is 0.583. The molecule has 1 N–H and O–H groups in total. The van der Waals surface area contributed by atoms with Crippen molar-refractivity contribution in [2.45, 2.75) is 44.8 Å². The van der Waals surface area contributed by atoms with E-state index < -0.39 is 5.60 Å². The molecule has 0 fully saturated rings. The SMILES string of the molecule is CCn1cc(CC2(O)C=CCCC2)cn1. The standard InChI is InChI=1S/C12H18N2O/c1-2-14-10-11(9-13-14)8-12(15)6-4-3-5-7-12/h4,6,9-10,15H,2-3,5,7-8H2,1H3. The highest BCUT2D eigenvalue weighted by Crippen LogP contribution is 2.25. The number of aliphatic hydroxyl groups is 1. The zero-order valence-corrected chi connectivity index (χ0v) is 9.19. The van der Waals surface area contributed by atoms with Crippen LogP contribution in [-0.2, 0) is 13.0 Å². The summed E-state index contributed by atoms with van der Waals surface area (Å²) in [7, 11) is 0. The minimum Gasteiger partial charge on any atom is -0.385 e. The van der Waals surface area contributed by atoms with Crippen molar-refractivity contribution in [2.75, 3.05) is 0 Å². The predicted molar refractivity (Wildman–Crippen MR) is 59.5 cm³/mol. The average Bonchev–Trinajstić information content (AvgIpc) is 2.66. The maximum Gasteiger partial charge on any atom is 0.0869 e. The van der Waals surface area contributed by atoms with Gasteiger partial charge in [-0.2, -0.15) is 5.10 Å². The van der Waals surface area contributed by atoms with Gasteiger partial charge in [0.2, 0.25) is 0 Å². The molecule has 1 atom stereocenters. The molecule has 15 heavy (non-hydrogen) atoms. The molecule has 1 aliphatic carbocycles. The lowest BCUT2D eigenvalue weighted by molar-refractivity contribution is 0.0751. The van der Waals surface area contributed by atoms with Gasteiger partial charge in [-0.1, -0.05) is 12.2 Å². The number of aryl methyl sites for hydroxylation is 1. The van der Waals surface area contributed by atoms with Crippen LogP contribution in [0.1, 0.15) is 31.7 Å². The van der Waals surface area contributed by atoms with E-state index in [2.05, 4.69) is 18.1 Å². The normalized spacial score (nSPS) is 25.7. The van der Waals surface area contributed by atoms with E-state index >= 15 is 0 Å². The van der Waals surface area contributed by atoms with Gasteiger partial charge in [-0.05, 0) is 31.7 Å². The van der Waals surface area contributed by atoms with Crippen LogP contribution in [0.15, 0.2) is 24.5 Å². The van der Waals surface area contributed by atoms with Crippen LogP contribution < -0.4 is 0 Å². The third-order valence-corrected chi connectivity index (χ3v) is 2.93. The van der Waals surface area contributed by atoms with E-state index in [-0.39, 0.29) is 0 Å². The topological polar surface area (TPSA) is 38.0 Å². The van der Waals surface area contributed by atoms with Crippen LogP contribution in [0.25, 0.3) is 0 Å². The fourth-order valence-corrected chi connectivity index (χ4v) is 2.08. The van der Waals surface area contributed by atoms with E-state index in [0.717, 1.165) is 31.4 Å². The summed E-state index contributed by atoms with van der Waals surface area (Å²) < 4.78 is 1.89. The van der Waals surface area contributed by atoms with E-state index in [1.165, 1.54) is 0 Å². The number of nitrogens with zero attached hydrogens (tertiary/aromatic N) is 2. The number of rotatable bonds is 3. The largest absolute Gasteiger partial charge is 0.385 e. The summed E-state index contributed by atoms with van der Waals surface area (Å²) in [5.74, 6) is 0. The summed E-state index contributed by atoms with van der Waals surface area (Å²) in [6, 6.07) is 0. The Kier molecular flexibility index (Phi) is 2.91. The molecule has 1 unspecified atom stereocenters. The Morgan fingerprint density at radius 2 is 2.47 bits per heavy atom. The van der Waals surface area contributed by atoms with Gasteiger partial charge in [0.1, 0.15) is 0 Å². The van der Waals surface area contributed by atoms with E-state index in [9.17, 15) is 5.11 Å². The molecule has 1 aromatic rings. The van der Waals surface area contributed by atoms with E-state index in [1.807, 2.05) is 23.2 Å². The molecule has 0 radical (unpaired) electrons. The van der Waals surface area contributed by atoms with Crippen LogP contribution in [-0.4, -0.2) is 20.5 Å². The maximum atomic E-state index is 10.3. The van der Waals surface area contributed by atoms with Crippen molar-refractivity contribution in [1.82, 2.24) is 9.78 Å². The van der Waals surface area contributed by atoms with Gasteiger partial charge in [-0.15, -0.1) is 0 Å². The van der Waals surface area contributed by atoms with Gasteiger partial charge in [-0.25, -0.2) is 0 Å². The molecule has 0 spiro atoms. The summed E-state index contributed by atoms with van der Waals surface area (Å²) in [6.07, 6.45) is 11.6. The zero-order valence-electron chi connectivity index (χ0n) is 9.19. The Balaban J connectivity index is 2.07. The van der Waals surface area contributed by atoms with Crippen LogP contribution in [0.3, 0.4) is 0 Å². The number of hydrogen-bond acceptors (Lipinski definition) is 2. The molecule has 82 valence electrons. The van der Waals surface area contributed by atoms with Crippen LogP contribution in [0, 0.1) is 0 Å². The highest BCUT2D eigenvalue weighted by atomic mass is 16.3. The highest BCUT2D eigenvalue weighted by molar-refractivity contribution is 5.15. The van der Waals surface area contributed by atoms with Crippen molar-refractivity contribution in [3.63, 3.8) is 0 Å². The van der Waals surface area contributed by atoms with Crippen molar-refractivity contribution < 1.29 is 5.11 Å². The first kappa shape index (κ1) is 10.4. The Morgan fingerprint density at radius 3 is 3.07 bits per heavy atom. The molecular weight excluding hydrogens is 188 g/mol. The molecule has 0 aromatic carbocycles. The lowest BCUT2D eigenvalue weighted by Gasteiger charge is -2.26. The molecule has 2 rings (SSSR count). The zero-order chi connectivity index (χ0) is 10.7. The highest BCUT2D eigenvalue weighted by Gasteiger charge is 2.25. The van der Waals surface area contributed by atoms with Gasteiger partial charge < -0.3 is 5.11 Å². The Bertz CT molecular complexity index is 356. The lowest BCUT2D eigenvalue weighted by atomic mass is 9.86. The van der Waals surface area contributed by atoms with E-state index in [1.54, 1.807) is 0 Å². The van der Waals surface area contributed by atoms with Crippen molar-refractivity contribution in [3.05, 3.63) is 30.1 Å². The second-order valence-corrected chi connectivity index (χ2v) is 4.28. The summed E-state index contributed by atoms with van der Waals surface area (Å²) >= 11 is 0. The quantitative estimate of drug-likeness (QED) is 0.767. The molecule has 1 heterocycles. The van der Waals surface area contributed by atoms with E-state index in [4.69, 9.17) is 0 Å². The molecule has 0 aliphatic heterocycles. The van der Waals surface area contributed by atoms with E-state index in [0.29, 0.717) is 6.42 Å². The molecule has 3 heteroatoms. The van der Waals surface area contributed by atoms with Crippen LogP contribution in [0.5, 0.6) is 0 Å². The molecule has 0 amide bonds. The molecule has 0 saturated heterocycles. The van der Waals surface area contributed by atoms with Crippen LogP contribution >= 0.6 is 0 Å². The van der Waals surface area contributed by atoms with Crippen molar-refractivity contribution in [2.24, 2.45) is 0 Å². The van der Waals surface area contributed by atoms with Crippen molar-refractivity contribution in [3.8, 4) is 0 Å². The van der Waals surface area contributed by atoms with Crippen molar-refractivity contribution >= 4 is 0 Å². The second-order valence-electron chi connectivity index (χ2n) is 4.28. The minimum absolute atomic E-state index is 0.639. The first-order chi connectivity index (χ1) is 7.22. The van der Waals surface area contributed by atoms with Gasteiger partial charge >= 0.3 is 0 Å². The van der Waals surface area contributed by atoms with Crippen LogP contribution in [0.2, 0.25) is 0 Å². The monoisotopic (exact) mass is 206 g/mol. The molecule has 0 bridgehead atoms.